The number of aliphatic hydroxyl groups excluding tert-OH is 2. The SMILES string of the molecule is C.C.OCOOCO.[C-]#[O+]. The van der Waals surface area contributed by atoms with Crippen LogP contribution >= 0.6 is 0 Å². The van der Waals surface area contributed by atoms with E-state index in [0.29, 0.717) is 0 Å². The maximum atomic E-state index is 7.74. The van der Waals surface area contributed by atoms with E-state index in [1.807, 2.05) is 0 Å². The molecule has 5 nitrogen and oxygen atoms in total. The summed E-state index contributed by atoms with van der Waals surface area (Å²) in [5.41, 5.74) is 0. The minimum absolute atomic E-state index is 0. The Morgan fingerprint density at radius 2 is 1.20 bits per heavy atom. The molecule has 10 heavy (non-hydrogen) atoms. The summed E-state index contributed by atoms with van der Waals surface area (Å²) in [6.07, 6.45) is 0. The van der Waals surface area contributed by atoms with E-state index in [4.69, 9.17) is 14.9 Å². The van der Waals surface area contributed by atoms with Gasteiger partial charge in [0.15, 0.2) is 13.6 Å². The number of hydrogen-bond acceptors (Lipinski definition) is 4. The molecule has 0 aliphatic rings. The Labute approximate surface area is 60.8 Å². The summed E-state index contributed by atoms with van der Waals surface area (Å²) >= 11 is 0. The molecule has 0 rings (SSSR count). The average Bonchev–Trinajstić information content (AvgIpc) is 1.88. The first kappa shape index (κ1) is 22.7. The van der Waals surface area contributed by atoms with Crippen LogP contribution in [-0.2, 0) is 14.4 Å². The van der Waals surface area contributed by atoms with Gasteiger partial charge in [0, 0.05) is 0 Å². The molecule has 0 radical (unpaired) electrons. The Hall–Kier alpha value is -0.420. The molecule has 0 heterocycles. The van der Waals surface area contributed by atoms with Crippen LogP contribution in [0.1, 0.15) is 14.9 Å². The minimum atomic E-state index is -0.527. The second-order valence-corrected chi connectivity index (χ2v) is 0.494. The third-order valence-electron chi connectivity index (χ3n) is 0.189. The molecule has 2 N–H and O–H groups in total. The Bertz CT molecular complexity index is 40.5. The molecule has 0 aromatic carbocycles. The van der Waals surface area contributed by atoms with Gasteiger partial charge in [-0.05, 0) is 0 Å². The van der Waals surface area contributed by atoms with E-state index < -0.39 is 13.6 Å². The van der Waals surface area contributed by atoms with Crippen molar-refractivity contribution in [3.05, 3.63) is 6.65 Å². The summed E-state index contributed by atoms with van der Waals surface area (Å²) < 4.78 is 7.50. The Morgan fingerprint density at radius 1 is 1.00 bits per heavy atom. The van der Waals surface area contributed by atoms with Crippen molar-refractivity contribution < 1.29 is 24.6 Å². The second-order valence-electron chi connectivity index (χ2n) is 0.494. The van der Waals surface area contributed by atoms with E-state index in [1.165, 1.54) is 0 Å². The van der Waals surface area contributed by atoms with Gasteiger partial charge in [-0.1, -0.05) is 14.9 Å². The second kappa shape index (κ2) is 38.5. The monoisotopic (exact) mass is 154 g/mol. The van der Waals surface area contributed by atoms with Crippen molar-refractivity contribution in [2.75, 3.05) is 13.6 Å². The van der Waals surface area contributed by atoms with Crippen LogP contribution in [0.2, 0.25) is 0 Å². The van der Waals surface area contributed by atoms with Gasteiger partial charge in [-0.3, -0.25) is 0 Å². The van der Waals surface area contributed by atoms with Crippen LogP contribution in [0.3, 0.4) is 0 Å². The zero-order valence-electron chi connectivity index (χ0n) is 4.03. The first-order chi connectivity index (χ1) is 3.91. The number of hydrogen-bond donors (Lipinski definition) is 2. The van der Waals surface area contributed by atoms with E-state index in [1.54, 1.807) is 0 Å². The molecule has 0 unspecified atom stereocenters. The number of aliphatic hydroxyl groups is 2. The Balaban J connectivity index is -0.0000000412. The molecule has 0 aliphatic carbocycles. The third-order valence-corrected chi connectivity index (χ3v) is 0.189. The van der Waals surface area contributed by atoms with Crippen LogP contribution in [0.25, 0.3) is 0 Å². The van der Waals surface area contributed by atoms with Crippen molar-refractivity contribution in [3.8, 4) is 0 Å². The van der Waals surface area contributed by atoms with Crippen molar-refractivity contribution in [2.24, 2.45) is 0 Å². The van der Waals surface area contributed by atoms with E-state index >= 15 is 0 Å². The van der Waals surface area contributed by atoms with Crippen LogP contribution in [0.5, 0.6) is 0 Å². The summed E-state index contributed by atoms with van der Waals surface area (Å²) in [5, 5.41) is 15.5. The van der Waals surface area contributed by atoms with Crippen molar-refractivity contribution >= 4 is 0 Å². The summed E-state index contributed by atoms with van der Waals surface area (Å²) in [4.78, 5) is 7.58. The predicted octanol–water partition coefficient (Wildman–Crippen LogP) is 0.0689. The molecule has 5 heteroatoms. The molecule has 0 saturated carbocycles. The van der Waals surface area contributed by atoms with Gasteiger partial charge in [-0.15, -0.1) is 0 Å². The standard InChI is InChI=1S/C2H6O4.CO.2CH4/c3-1-5-6-2-4;1-2;;/h3-4H,1-2H2;;2*1H4. The third kappa shape index (κ3) is 49.3. The molecule has 0 spiro atoms. The molecular weight excluding hydrogens is 140 g/mol. The fourth-order valence-corrected chi connectivity index (χ4v) is 0.0745. The van der Waals surface area contributed by atoms with Gasteiger partial charge in [-0.2, -0.15) is 0 Å². The van der Waals surface area contributed by atoms with Gasteiger partial charge < -0.3 is 10.2 Å². The molecular formula is C5H14O5. The van der Waals surface area contributed by atoms with Crippen LogP contribution in [0.15, 0.2) is 0 Å². The van der Waals surface area contributed by atoms with Gasteiger partial charge in [-0.25, -0.2) is 9.78 Å². The first-order valence-electron chi connectivity index (χ1n) is 1.58. The van der Waals surface area contributed by atoms with E-state index in [9.17, 15) is 0 Å². The van der Waals surface area contributed by atoms with Crippen LogP contribution in [0.4, 0.5) is 0 Å². The Kier molecular flexibility index (Phi) is 87.1. The topological polar surface area (TPSA) is 78.8 Å². The van der Waals surface area contributed by atoms with Gasteiger partial charge in [0.1, 0.15) is 0 Å². The van der Waals surface area contributed by atoms with E-state index in [0.717, 1.165) is 0 Å². The average molecular weight is 154 g/mol. The summed E-state index contributed by atoms with van der Waals surface area (Å²) in [6, 6.07) is 0. The zero-order chi connectivity index (χ0) is 6.83. The van der Waals surface area contributed by atoms with Gasteiger partial charge in [0.2, 0.25) is 0 Å². The van der Waals surface area contributed by atoms with Gasteiger partial charge in [0.05, 0.1) is 0 Å². The van der Waals surface area contributed by atoms with Crippen molar-refractivity contribution in [3.63, 3.8) is 0 Å². The van der Waals surface area contributed by atoms with E-state index in [-0.39, 0.29) is 14.9 Å². The fraction of sp³-hybridized carbons (Fsp3) is 0.800. The normalized spacial score (nSPS) is 5.60. The molecule has 0 amide bonds. The van der Waals surface area contributed by atoms with Crippen molar-refractivity contribution in [1.29, 1.82) is 0 Å². The van der Waals surface area contributed by atoms with Crippen molar-refractivity contribution in [2.45, 2.75) is 14.9 Å². The van der Waals surface area contributed by atoms with Crippen LogP contribution < -0.4 is 0 Å². The number of rotatable bonds is 3. The molecule has 0 saturated heterocycles. The first-order valence-corrected chi connectivity index (χ1v) is 1.58. The summed E-state index contributed by atoms with van der Waals surface area (Å²) in [5.74, 6) is 0. The predicted molar refractivity (Wildman–Crippen MR) is 33.7 cm³/mol. The molecule has 0 atom stereocenters. The summed E-state index contributed by atoms with van der Waals surface area (Å²) in [6.45, 7) is 3.45. The van der Waals surface area contributed by atoms with E-state index in [2.05, 4.69) is 16.4 Å². The summed E-state index contributed by atoms with van der Waals surface area (Å²) in [7, 11) is 0. The molecule has 0 bridgehead atoms. The van der Waals surface area contributed by atoms with Gasteiger partial charge in [0.25, 0.3) is 0 Å². The maximum absolute atomic E-state index is 7.74. The molecule has 0 fully saturated rings. The van der Waals surface area contributed by atoms with Crippen LogP contribution in [-0.4, -0.2) is 23.8 Å². The van der Waals surface area contributed by atoms with Gasteiger partial charge >= 0.3 is 11.3 Å². The Morgan fingerprint density at radius 3 is 1.30 bits per heavy atom. The van der Waals surface area contributed by atoms with Crippen molar-refractivity contribution in [1.82, 2.24) is 0 Å². The fourth-order valence-electron chi connectivity index (χ4n) is 0.0745. The quantitative estimate of drug-likeness (QED) is 0.150. The zero-order valence-corrected chi connectivity index (χ0v) is 4.03. The molecule has 64 valence electrons. The molecule has 0 aliphatic heterocycles. The van der Waals surface area contributed by atoms with Crippen LogP contribution in [0, 0.1) is 6.65 Å². The molecule has 0 aromatic rings. The molecule has 0 aromatic heterocycles.